The Balaban J connectivity index is 3.33. The van der Waals surface area contributed by atoms with Crippen molar-refractivity contribution in [2.75, 3.05) is 24.2 Å². The summed E-state index contributed by atoms with van der Waals surface area (Å²) in [6.45, 7) is 6.97. The molecule has 0 aliphatic rings. The van der Waals surface area contributed by atoms with E-state index in [0.717, 1.165) is 23.5 Å². The number of allylic oxidation sites excluding steroid dienone is 2. The molecule has 0 saturated carbocycles. The number of hydrogen-bond donors (Lipinski definition) is 1. The molecule has 1 aromatic heterocycles. The summed E-state index contributed by atoms with van der Waals surface area (Å²) in [5.74, 6) is 1.43. The Bertz CT molecular complexity index is 371. The Hall–Kier alpha value is -1.58. The van der Waals surface area contributed by atoms with Crippen LogP contribution in [0.4, 0.5) is 11.6 Å². The summed E-state index contributed by atoms with van der Waals surface area (Å²) in [6, 6.07) is 0. The van der Waals surface area contributed by atoms with Gasteiger partial charge in [-0.05, 0) is 26.3 Å². The fraction of sp³-hybridized carbons (Fsp3) is 0.455. The van der Waals surface area contributed by atoms with Gasteiger partial charge in [0.25, 0.3) is 0 Å². The van der Waals surface area contributed by atoms with Gasteiger partial charge in [-0.25, -0.2) is 9.97 Å². The van der Waals surface area contributed by atoms with Crippen LogP contribution in [-0.2, 0) is 0 Å². The van der Waals surface area contributed by atoms with Crippen LogP contribution in [0.5, 0.6) is 0 Å². The van der Waals surface area contributed by atoms with Gasteiger partial charge < -0.3 is 10.6 Å². The largest absolute Gasteiger partial charge is 0.383 e. The van der Waals surface area contributed by atoms with E-state index in [9.17, 15) is 0 Å². The van der Waals surface area contributed by atoms with E-state index in [1.165, 1.54) is 6.33 Å². The molecular weight excluding hydrogens is 188 g/mol. The van der Waals surface area contributed by atoms with Crippen LogP contribution in [0.15, 0.2) is 12.4 Å². The minimum Gasteiger partial charge on any atom is -0.383 e. The Morgan fingerprint density at radius 2 is 2.20 bits per heavy atom. The third-order valence-corrected chi connectivity index (χ3v) is 2.52. The maximum atomic E-state index is 5.87. The summed E-state index contributed by atoms with van der Waals surface area (Å²) in [5.41, 5.74) is 7.91. The molecule has 0 aromatic carbocycles. The maximum absolute atomic E-state index is 5.87. The minimum absolute atomic E-state index is 0.538. The lowest BCUT2D eigenvalue weighted by atomic mass is 10.1. The molecule has 0 unspecified atom stereocenters. The van der Waals surface area contributed by atoms with Crippen LogP contribution in [0.2, 0.25) is 0 Å². The van der Waals surface area contributed by atoms with Crippen molar-refractivity contribution >= 4 is 17.2 Å². The molecule has 0 saturated heterocycles. The first-order valence-electron chi connectivity index (χ1n) is 5.06. The van der Waals surface area contributed by atoms with Gasteiger partial charge in [0.1, 0.15) is 18.0 Å². The van der Waals surface area contributed by atoms with Gasteiger partial charge in [0.05, 0.1) is 5.56 Å². The van der Waals surface area contributed by atoms with E-state index >= 15 is 0 Å². The quantitative estimate of drug-likeness (QED) is 0.821. The zero-order valence-corrected chi connectivity index (χ0v) is 9.78. The Kier molecular flexibility index (Phi) is 3.66. The number of nitrogens with zero attached hydrogens (tertiary/aromatic N) is 3. The van der Waals surface area contributed by atoms with Gasteiger partial charge in [-0.3, -0.25) is 0 Å². The topological polar surface area (TPSA) is 55.0 Å². The average Bonchev–Trinajstić information content (AvgIpc) is 2.26. The first kappa shape index (κ1) is 11.5. The number of nitrogens with two attached hydrogens (primary N) is 1. The highest BCUT2D eigenvalue weighted by Crippen LogP contribution is 2.27. The SMILES string of the molecule is CC=C(C)c1c(N)ncnc1N(C)CC. The van der Waals surface area contributed by atoms with Crippen molar-refractivity contribution in [3.8, 4) is 0 Å². The molecule has 0 bridgehead atoms. The number of anilines is 2. The summed E-state index contributed by atoms with van der Waals surface area (Å²) in [6.07, 6.45) is 3.52. The predicted molar refractivity (Wildman–Crippen MR) is 64.7 cm³/mol. The summed E-state index contributed by atoms with van der Waals surface area (Å²) in [7, 11) is 1.99. The minimum atomic E-state index is 0.538. The molecule has 0 atom stereocenters. The predicted octanol–water partition coefficient (Wildman–Crippen LogP) is 1.94. The monoisotopic (exact) mass is 206 g/mol. The van der Waals surface area contributed by atoms with Crippen molar-refractivity contribution in [3.05, 3.63) is 18.0 Å². The molecular formula is C11H18N4. The van der Waals surface area contributed by atoms with Crippen LogP contribution in [0.25, 0.3) is 5.57 Å². The third-order valence-electron chi connectivity index (χ3n) is 2.52. The van der Waals surface area contributed by atoms with Gasteiger partial charge >= 0.3 is 0 Å². The highest BCUT2D eigenvalue weighted by molar-refractivity contribution is 5.79. The van der Waals surface area contributed by atoms with E-state index in [2.05, 4.69) is 21.8 Å². The van der Waals surface area contributed by atoms with Crippen LogP contribution in [0, 0.1) is 0 Å². The first-order valence-corrected chi connectivity index (χ1v) is 5.06. The van der Waals surface area contributed by atoms with Gasteiger partial charge in [-0.2, -0.15) is 0 Å². The van der Waals surface area contributed by atoms with E-state index in [4.69, 9.17) is 5.73 Å². The molecule has 2 N–H and O–H groups in total. The molecule has 1 aromatic rings. The van der Waals surface area contributed by atoms with Gasteiger partial charge in [-0.1, -0.05) is 6.08 Å². The first-order chi connectivity index (χ1) is 7.11. The van der Waals surface area contributed by atoms with Gasteiger partial charge in [0.15, 0.2) is 0 Å². The molecule has 4 heteroatoms. The fourth-order valence-electron chi connectivity index (χ4n) is 1.35. The highest BCUT2D eigenvalue weighted by atomic mass is 15.2. The zero-order chi connectivity index (χ0) is 11.4. The lowest BCUT2D eigenvalue weighted by Crippen LogP contribution is -2.20. The lowest BCUT2D eigenvalue weighted by molar-refractivity contribution is 0.926. The molecule has 0 amide bonds. The van der Waals surface area contributed by atoms with Crippen molar-refractivity contribution in [2.24, 2.45) is 0 Å². The Morgan fingerprint density at radius 3 is 2.73 bits per heavy atom. The van der Waals surface area contributed by atoms with E-state index in [1.807, 2.05) is 27.0 Å². The zero-order valence-electron chi connectivity index (χ0n) is 9.78. The van der Waals surface area contributed by atoms with Crippen LogP contribution in [0.3, 0.4) is 0 Å². The highest BCUT2D eigenvalue weighted by Gasteiger charge is 2.12. The molecule has 82 valence electrons. The van der Waals surface area contributed by atoms with Gasteiger partial charge in [0.2, 0.25) is 0 Å². The molecule has 1 heterocycles. The van der Waals surface area contributed by atoms with Crippen molar-refractivity contribution in [2.45, 2.75) is 20.8 Å². The van der Waals surface area contributed by atoms with E-state index in [0.29, 0.717) is 5.82 Å². The smallest absolute Gasteiger partial charge is 0.141 e. The van der Waals surface area contributed by atoms with Crippen molar-refractivity contribution in [1.29, 1.82) is 0 Å². The Morgan fingerprint density at radius 1 is 1.53 bits per heavy atom. The lowest BCUT2D eigenvalue weighted by Gasteiger charge is -2.20. The molecule has 0 fully saturated rings. The third kappa shape index (κ3) is 2.26. The van der Waals surface area contributed by atoms with Gasteiger partial charge in [0, 0.05) is 13.6 Å². The average molecular weight is 206 g/mol. The molecule has 0 aliphatic heterocycles. The summed E-state index contributed by atoms with van der Waals surface area (Å²) < 4.78 is 0. The van der Waals surface area contributed by atoms with E-state index < -0.39 is 0 Å². The summed E-state index contributed by atoms with van der Waals surface area (Å²) in [5, 5.41) is 0. The molecule has 1 rings (SSSR count). The van der Waals surface area contributed by atoms with Crippen LogP contribution < -0.4 is 10.6 Å². The molecule has 0 aliphatic carbocycles. The molecule has 4 nitrogen and oxygen atoms in total. The van der Waals surface area contributed by atoms with E-state index in [1.54, 1.807) is 0 Å². The number of nitrogen functional groups attached to an aromatic ring is 1. The molecule has 0 radical (unpaired) electrons. The van der Waals surface area contributed by atoms with Crippen molar-refractivity contribution in [1.82, 2.24) is 9.97 Å². The molecule has 15 heavy (non-hydrogen) atoms. The molecule has 0 spiro atoms. The second kappa shape index (κ2) is 4.77. The summed E-state index contributed by atoms with van der Waals surface area (Å²) in [4.78, 5) is 10.4. The normalized spacial score (nSPS) is 11.6. The van der Waals surface area contributed by atoms with Crippen molar-refractivity contribution < 1.29 is 0 Å². The van der Waals surface area contributed by atoms with Crippen molar-refractivity contribution in [3.63, 3.8) is 0 Å². The summed E-state index contributed by atoms with van der Waals surface area (Å²) >= 11 is 0. The fourth-order valence-corrected chi connectivity index (χ4v) is 1.35. The second-order valence-corrected chi connectivity index (χ2v) is 3.44. The maximum Gasteiger partial charge on any atom is 0.141 e. The standard InChI is InChI=1S/C11H18N4/c1-5-8(3)9-10(12)13-7-14-11(9)15(4)6-2/h5,7H,6H2,1-4H3,(H2,12,13,14). The van der Waals surface area contributed by atoms with Crippen LogP contribution in [0.1, 0.15) is 26.3 Å². The Labute approximate surface area is 90.8 Å². The second-order valence-electron chi connectivity index (χ2n) is 3.44. The number of hydrogen-bond acceptors (Lipinski definition) is 4. The van der Waals surface area contributed by atoms with Crippen LogP contribution in [-0.4, -0.2) is 23.6 Å². The number of rotatable bonds is 3. The van der Waals surface area contributed by atoms with E-state index in [-0.39, 0.29) is 0 Å². The van der Waals surface area contributed by atoms with Gasteiger partial charge in [-0.15, -0.1) is 0 Å². The van der Waals surface area contributed by atoms with Crippen LogP contribution >= 0.6 is 0 Å². The number of aromatic nitrogens is 2.